The first-order chi connectivity index (χ1) is 19.9. The van der Waals surface area contributed by atoms with Gasteiger partial charge < -0.3 is 9.80 Å². The zero-order chi connectivity index (χ0) is 30.1. The van der Waals surface area contributed by atoms with Crippen molar-refractivity contribution in [3.8, 4) is 0 Å². The van der Waals surface area contributed by atoms with Crippen molar-refractivity contribution in [1.82, 2.24) is 0 Å². The van der Waals surface area contributed by atoms with Gasteiger partial charge in [0.25, 0.3) is 0 Å². The number of hydrogen-bond acceptors (Lipinski definition) is 2. The van der Waals surface area contributed by atoms with Crippen molar-refractivity contribution >= 4 is 66.0 Å². The minimum absolute atomic E-state index is 0.0122. The van der Waals surface area contributed by atoms with E-state index in [9.17, 15) is 0 Å². The Morgan fingerprint density at radius 2 is 0.738 bits per heavy atom. The summed E-state index contributed by atoms with van der Waals surface area (Å²) in [4.78, 5) is 4.68. The molecule has 5 aromatic rings. The van der Waals surface area contributed by atoms with Gasteiger partial charge in [-0.1, -0.05) is 116 Å². The first kappa shape index (κ1) is 30.1. The largest absolute Gasteiger partial charge is 0.310 e. The van der Waals surface area contributed by atoms with E-state index in [-0.39, 0.29) is 10.8 Å². The van der Waals surface area contributed by atoms with Gasteiger partial charge in [-0.3, -0.25) is 0 Å². The van der Waals surface area contributed by atoms with Gasteiger partial charge in [-0.2, -0.15) is 0 Å². The zero-order valence-corrected chi connectivity index (χ0v) is 28.4. The van der Waals surface area contributed by atoms with Crippen LogP contribution in [0.25, 0.3) is 0 Å². The average molecular weight is 683 g/mol. The number of rotatable bonds is 6. The Morgan fingerprint density at radius 3 is 1.10 bits per heavy atom. The molecule has 0 aromatic heterocycles. The van der Waals surface area contributed by atoms with Gasteiger partial charge in [0.05, 0.1) is 0 Å². The molecule has 214 valence electrons. The lowest BCUT2D eigenvalue weighted by Gasteiger charge is -2.31. The first-order valence-electron chi connectivity index (χ1n) is 14.3. The second-order valence-electron chi connectivity index (χ2n) is 12.8. The van der Waals surface area contributed by atoms with Crippen LogP contribution in [0.15, 0.2) is 130 Å². The number of nitrogens with zero attached hydrogens (tertiary/aromatic N) is 2. The highest BCUT2D eigenvalue weighted by Crippen LogP contribution is 2.43. The molecule has 5 aromatic carbocycles. The predicted molar refractivity (Wildman–Crippen MR) is 189 cm³/mol. The van der Waals surface area contributed by atoms with Gasteiger partial charge in [0.15, 0.2) is 0 Å². The fraction of sp³-hybridized carbons (Fsp3) is 0.211. The molecule has 0 unspecified atom stereocenters. The van der Waals surface area contributed by atoms with Crippen molar-refractivity contribution in [2.45, 2.75) is 52.4 Å². The van der Waals surface area contributed by atoms with E-state index in [1.54, 1.807) is 0 Å². The second kappa shape index (κ2) is 12.1. The van der Waals surface area contributed by atoms with E-state index in [0.29, 0.717) is 0 Å². The Hall–Kier alpha value is -3.34. The Morgan fingerprint density at radius 1 is 0.381 bits per heavy atom. The molecule has 42 heavy (non-hydrogen) atoms. The van der Waals surface area contributed by atoms with E-state index in [2.05, 4.69) is 205 Å². The van der Waals surface area contributed by atoms with Gasteiger partial charge in [-0.15, -0.1) is 0 Å². The van der Waals surface area contributed by atoms with Crippen LogP contribution in [0, 0.1) is 0 Å². The third-order valence-corrected chi connectivity index (χ3v) is 8.30. The molecular weight excluding hydrogens is 644 g/mol. The maximum Gasteiger partial charge on any atom is 0.0482 e. The van der Waals surface area contributed by atoms with Crippen LogP contribution in [0.3, 0.4) is 0 Å². The molecule has 4 heteroatoms. The lowest BCUT2D eigenvalue weighted by Crippen LogP contribution is -2.16. The van der Waals surface area contributed by atoms with Crippen LogP contribution in [-0.4, -0.2) is 0 Å². The average Bonchev–Trinajstić information content (AvgIpc) is 2.93. The molecule has 0 heterocycles. The molecule has 0 aliphatic rings. The summed E-state index contributed by atoms with van der Waals surface area (Å²) >= 11 is 7.62. The third-order valence-electron chi connectivity index (χ3n) is 7.39. The Labute approximate surface area is 268 Å². The summed E-state index contributed by atoms with van der Waals surface area (Å²) in [6, 6.07) is 43.5. The number of para-hydroxylation sites is 2. The van der Waals surface area contributed by atoms with E-state index >= 15 is 0 Å². The number of benzene rings is 5. The summed E-state index contributed by atoms with van der Waals surface area (Å²) in [5.41, 5.74) is 9.19. The first-order valence-corrected chi connectivity index (χ1v) is 15.9. The van der Waals surface area contributed by atoms with Crippen LogP contribution >= 0.6 is 31.9 Å². The monoisotopic (exact) mass is 680 g/mol. The normalized spacial score (nSPS) is 11.8. The van der Waals surface area contributed by atoms with Gasteiger partial charge in [-0.25, -0.2) is 0 Å². The highest BCUT2D eigenvalue weighted by Gasteiger charge is 2.22. The van der Waals surface area contributed by atoms with Gasteiger partial charge in [0, 0.05) is 43.1 Å². The summed E-state index contributed by atoms with van der Waals surface area (Å²) in [6.07, 6.45) is 0. The zero-order valence-electron chi connectivity index (χ0n) is 25.2. The molecule has 0 atom stereocenters. The molecule has 0 aliphatic heterocycles. The molecule has 2 nitrogen and oxygen atoms in total. The summed E-state index contributed by atoms with van der Waals surface area (Å²) in [6.45, 7) is 13.5. The van der Waals surface area contributed by atoms with Gasteiger partial charge >= 0.3 is 0 Å². The molecule has 0 amide bonds. The number of anilines is 6. The van der Waals surface area contributed by atoms with Crippen LogP contribution < -0.4 is 9.80 Å². The second-order valence-corrected chi connectivity index (χ2v) is 14.6. The van der Waals surface area contributed by atoms with Crippen LogP contribution in [0.2, 0.25) is 0 Å². The van der Waals surface area contributed by atoms with Gasteiger partial charge in [-0.05, 0) is 101 Å². The molecule has 5 rings (SSSR count). The van der Waals surface area contributed by atoms with Crippen molar-refractivity contribution < 1.29 is 0 Å². The van der Waals surface area contributed by atoms with Crippen LogP contribution in [-0.2, 0) is 10.8 Å². The lowest BCUT2D eigenvalue weighted by atomic mass is 9.86. The van der Waals surface area contributed by atoms with Crippen molar-refractivity contribution in [3.63, 3.8) is 0 Å². The highest BCUT2D eigenvalue weighted by molar-refractivity contribution is 9.10. The van der Waals surface area contributed by atoms with Gasteiger partial charge in [0.1, 0.15) is 0 Å². The summed E-state index contributed by atoms with van der Waals surface area (Å²) in [5, 5.41) is 0. The van der Waals surface area contributed by atoms with Crippen LogP contribution in [0.4, 0.5) is 34.1 Å². The summed E-state index contributed by atoms with van der Waals surface area (Å²) in [7, 11) is 0. The van der Waals surface area contributed by atoms with E-state index in [1.165, 1.54) is 11.1 Å². The molecule has 0 radical (unpaired) electrons. The maximum atomic E-state index is 3.81. The Bertz CT molecular complexity index is 1540. The van der Waals surface area contributed by atoms with Crippen molar-refractivity contribution in [1.29, 1.82) is 0 Å². The Kier molecular flexibility index (Phi) is 8.68. The van der Waals surface area contributed by atoms with E-state index in [4.69, 9.17) is 0 Å². The fourth-order valence-corrected chi connectivity index (χ4v) is 6.05. The van der Waals surface area contributed by atoms with E-state index in [1.807, 2.05) is 0 Å². The standard InChI is InChI=1S/C38H38Br2N2/c1-37(2,3)27-20-29(39)24-35(22-27)41(31-14-9-7-10-15-31)33-18-13-19-34(26-33)42(32-16-11-8-12-17-32)36-23-28(38(4,5)6)21-30(40)25-36/h7-26H,1-6H3. The van der Waals surface area contributed by atoms with E-state index < -0.39 is 0 Å². The summed E-state index contributed by atoms with van der Waals surface area (Å²) in [5.74, 6) is 0. The number of hydrogen-bond donors (Lipinski definition) is 0. The quantitative estimate of drug-likeness (QED) is 0.176. The lowest BCUT2D eigenvalue weighted by molar-refractivity contribution is 0.589. The van der Waals surface area contributed by atoms with Crippen LogP contribution in [0.1, 0.15) is 52.7 Å². The maximum absolute atomic E-state index is 3.81. The van der Waals surface area contributed by atoms with Crippen molar-refractivity contribution in [3.05, 3.63) is 141 Å². The molecule has 0 aliphatic carbocycles. The molecule has 0 N–H and O–H groups in total. The third kappa shape index (κ3) is 6.82. The minimum Gasteiger partial charge on any atom is -0.310 e. The van der Waals surface area contributed by atoms with Gasteiger partial charge in [0.2, 0.25) is 0 Å². The SMILES string of the molecule is CC(C)(C)c1cc(Br)cc(N(c2ccccc2)c2cccc(N(c3ccccc3)c3cc(Br)cc(C(C)(C)C)c3)c2)c1. The molecule has 0 saturated heterocycles. The van der Waals surface area contributed by atoms with Crippen LogP contribution in [0.5, 0.6) is 0 Å². The smallest absolute Gasteiger partial charge is 0.0482 e. The Balaban J connectivity index is 1.71. The summed E-state index contributed by atoms with van der Waals surface area (Å²) < 4.78 is 2.13. The van der Waals surface area contributed by atoms with Crippen molar-refractivity contribution in [2.75, 3.05) is 9.80 Å². The highest BCUT2D eigenvalue weighted by atomic mass is 79.9. The van der Waals surface area contributed by atoms with Crippen molar-refractivity contribution in [2.24, 2.45) is 0 Å². The fourth-order valence-electron chi connectivity index (χ4n) is 5.09. The molecule has 0 bridgehead atoms. The van der Waals surface area contributed by atoms with E-state index in [0.717, 1.165) is 43.1 Å². The molecule has 0 saturated carbocycles. The topological polar surface area (TPSA) is 6.48 Å². The predicted octanol–water partition coefficient (Wildman–Crippen LogP) is 12.7. The number of halogens is 2. The minimum atomic E-state index is 0.0122. The molecule has 0 spiro atoms. The molecular formula is C38H38Br2N2. The molecule has 0 fully saturated rings.